The van der Waals surface area contributed by atoms with E-state index in [2.05, 4.69) is 15.4 Å². The molecule has 1 amide bonds. The lowest BCUT2D eigenvalue weighted by molar-refractivity contribution is 0.102. The van der Waals surface area contributed by atoms with Crippen LogP contribution in [0, 0.1) is 0 Å². The summed E-state index contributed by atoms with van der Waals surface area (Å²) in [5.41, 5.74) is 2.44. The summed E-state index contributed by atoms with van der Waals surface area (Å²) in [6.45, 7) is 0. The molecule has 0 saturated carbocycles. The van der Waals surface area contributed by atoms with E-state index in [0.717, 1.165) is 16.2 Å². The Kier molecular flexibility index (Phi) is 3.76. The summed E-state index contributed by atoms with van der Waals surface area (Å²) >= 11 is 7.39. The first-order valence-electron chi connectivity index (χ1n) is 7.17. The molecule has 0 aliphatic heterocycles. The Morgan fingerprint density at radius 1 is 1.12 bits per heavy atom. The quantitative estimate of drug-likeness (QED) is 0.594. The number of carbonyl (C=O) groups is 1. The van der Waals surface area contributed by atoms with Gasteiger partial charge in [-0.2, -0.15) is 4.98 Å². The first-order chi connectivity index (χ1) is 11.7. The maximum atomic E-state index is 12.3. The molecule has 0 unspecified atom stereocenters. The van der Waals surface area contributed by atoms with E-state index in [1.807, 2.05) is 35.7 Å². The average molecular weight is 355 g/mol. The summed E-state index contributed by atoms with van der Waals surface area (Å²) in [7, 11) is 0. The number of anilines is 1. The molecule has 5 nitrogen and oxygen atoms in total. The van der Waals surface area contributed by atoms with Crippen LogP contribution in [-0.2, 0) is 0 Å². The largest absolute Gasteiger partial charge is 0.289 e. The second-order valence-electron chi connectivity index (χ2n) is 5.08. The number of nitrogens with zero attached hydrogens (tertiary/aromatic N) is 3. The first-order valence-corrected chi connectivity index (χ1v) is 8.43. The van der Waals surface area contributed by atoms with Crippen LogP contribution in [0.15, 0.2) is 60.0 Å². The molecule has 0 fully saturated rings. The van der Waals surface area contributed by atoms with Crippen molar-refractivity contribution >= 4 is 39.8 Å². The van der Waals surface area contributed by atoms with Crippen molar-refractivity contribution in [3.63, 3.8) is 0 Å². The first kappa shape index (κ1) is 14.9. The fraction of sp³-hybridized carbons (Fsp3) is 0. The minimum Gasteiger partial charge on any atom is -0.289 e. The summed E-state index contributed by atoms with van der Waals surface area (Å²) in [6.07, 6.45) is 0. The van der Waals surface area contributed by atoms with Gasteiger partial charge in [0.2, 0.25) is 4.96 Å². The second-order valence-corrected chi connectivity index (χ2v) is 6.35. The van der Waals surface area contributed by atoms with Gasteiger partial charge >= 0.3 is 0 Å². The van der Waals surface area contributed by atoms with Crippen molar-refractivity contribution in [2.45, 2.75) is 0 Å². The highest BCUT2D eigenvalue weighted by Gasteiger charge is 2.14. The van der Waals surface area contributed by atoms with Crippen molar-refractivity contribution in [1.29, 1.82) is 0 Å². The Bertz CT molecular complexity index is 1030. The SMILES string of the molecule is O=C(Nc1nc2scc(-c3ccccc3)n2n1)c1cccc(Cl)c1. The van der Waals surface area contributed by atoms with Gasteiger partial charge in [-0.25, -0.2) is 4.52 Å². The highest BCUT2D eigenvalue weighted by molar-refractivity contribution is 7.15. The molecule has 0 aliphatic carbocycles. The van der Waals surface area contributed by atoms with Crippen LogP contribution < -0.4 is 5.32 Å². The molecule has 0 spiro atoms. The number of rotatable bonds is 3. The van der Waals surface area contributed by atoms with Crippen LogP contribution in [0.5, 0.6) is 0 Å². The van der Waals surface area contributed by atoms with E-state index in [9.17, 15) is 4.79 Å². The third-order valence-corrected chi connectivity index (χ3v) is 4.51. The second kappa shape index (κ2) is 6.07. The molecular formula is C17H11ClN4OS. The van der Waals surface area contributed by atoms with Crippen molar-refractivity contribution in [1.82, 2.24) is 14.6 Å². The molecule has 2 aromatic heterocycles. The molecule has 4 aromatic rings. The number of carbonyl (C=O) groups excluding carboxylic acids is 1. The molecular weight excluding hydrogens is 344 g/mol. The van der Waals surface area contributed by atoms with Crippen LogP contribution in [-0.4, -0.2) is 20.5 Å². The topological polar surface area (TPSA) is 59.3 Å². The molecule has 1 N–H and O–H groups in total. The molecule has 24 heavy (non-hydrogen) atoms. The molecule has 2 aromatic carbocycles. The van der Waals surface area contributed by atoms with Crippen LogP contribution in [0.4, 0.5) is 5.95 Å². The van der Waals surface area contributed by atoms with Gasteiger partial charge in [-0.15, -0.1) is 16.4 Å². The van der Waals surface area contributed by atoms with Gasteiger partial charge in [0.1, 0.15) is 0 Å². The molecule has 7 heteroatoms. The van der Waals surface area contributed by atoms with Gasteiger partial charge in [0, 0.05) is 21.5 Å². The van der Waals surface area contributed by atoms with E-state index in [4.69, 9.17) is 11.6 Å². The van der Waals surface area contributed by atoms with E-state index in [-0.39, 0.29) is 11.9 Å². The fourth-order valence-electron chi connectivity index (χ4n) is 2.35. The van der Waals surface area contributed by atoms with Crippen molar-refractivity contribution < 1.29 is 4.79 Å². The molecule has 118 valence electrons. The fourth-order valence-corrected chi connectivity index (χ4v) is 3.37. The lowest BCUT2D eigenvalue weighted by Crippen LogP contribution is -2.13. The van der Waals surface area contributed by atoms with Crippen molar-refractivity contribution in [2.24, 2.45) is 0 Å². The number of thiazole rings is 1. The van der Waals surface area contributed by atoms with Gasteiger partial charge in [0.15, 0.2) is 0 Å². The number of hydrogen-bond donors (Lipinski definition) is 1. The number of hydrogen-bond acceptors (Lipinski definition) is 4. The zero-order valence-corrected chi connectivity index (χ0v) is 13.9. The molecule has 0 bridgehead atoms. The number of fused-ring (bicyclic) bond motifs is 1. The molecule has 0 saturated heterocycles. The van der Waals surface area contributed by atoms with E-state index < -0.39 is 0 Å². The molecule has 0 radical (unpaired) electrons. The summed E-state index contributed by atoms with van der Waals surface area (Å²) in [5, 5.41) is 9.59. The summed E-state index contributed by atoms with van der Waals surface area (Å²) in [5.74, 6) is -0.0268. The zero-order valence-electron chi connectivity index (χ0n) is 12.3. The van der Waals surface area contributed by atoms with Crippen LogP contribution in [0.2, 0.25) is 5.02 Å². The Morgan fingerprint density at radius 3 is 2.75 bits per heavy atom. The third kappa shape index (κ3) is 2.77. The van der Waals surface area contributed by atoms with Gasteiger partial charge in [0.05, 0.1) is 5.69 Å². The third-order valence-electron chi connectivity index (χ3n) is 3.46. The van der Waals surface area contributed by atoms with E-state index in [1.165, 1.54) is 11.3 Å². The number of halogens is 1. The number of benzene rings is 2. The maximum Gasteiger partial charge on any atom is 0.258 e. The monoisotopic (exact) mass is 354 g/mol. The minimum atomic E-state index is -0.294. The van der Waals surface area contributed by atoms with Crippen molar-refractivity contribution in [3.05, 3.63) is 70.6 Å². The molecule has 0 atom stereocenters. The lowest BCUT2D eigenvalue weighted by atomic mass is 10.2. The highest BCUT2D eigenvalue weighted by Crippen LogP contribution is 2.25. The average Bonchev–Trinajstić information content (AvgIpc) is 3.15. The number of aromatic nitrogens is 3. The Hall–Kier alpha value is -2.70. The predicted octanol–water partition coefficient (Wildman–Crippen LogP) is 4.36. The van der Waals surface area contributed by atoms with Crippen LogP contribution >= 0.6 is 22.9 Å². The molecule has 0 aliphatic rings. The van der Waals surface area contributed by atoms with Crippen LogP contribution in [0.3, 0.4) is 0 Å². The number of amides is 1. The lowest BCUT2D eigenvalue weighted by Gasteiger charge is -2.01. The zero-order chi connectivity index (χ0) is 16.5. The van der Waals surface area contributed by atoms with Crippen molar-refractivity contribution in [2.75, 3.05) is 5.32 Å². The highest BCUT2D eigenvalue weighted by atomic mass is 35.5. The number of nitrogens with one attached hydrogen (secondary N) is 1. The van der Waals surface area contributed by atoms with E-state index >= 15 is 0 Å². The Labute approximate surface area is 146 Å². The molecule has 2 heterocycles. The van der Waals surface area contributed by atoms with Gasteiger partial charge in [-0.3, -0.25) is 10.1 Å². The van der Waals surface area contributed by atoms with E-state index in [1.54, 1.807) is 28.8 Å². The van der Waals surface area contributed by atoms with Crippen molar-refractivity contribution in [3.8, 4) is 11.3 Å². The Balaban J connectivity index is 1.64. The molecule has 4 rings (SSSR count). The summed E-state index contributed by atoms with van der Waals surface area (Å²) in [4.78, 5) is 17.3. The standard InChI is InChI=1S/C17H11ClN4OS/c18-13-8-4-7-12(9-13)15(23)19-16-20-17-22(21-16)14(10-24-17)11-5-2-1-3-6-11/h1-10H,(H,19,21,23). The Morgan fingerprint density at radius 2 is 1.96 bits per heavy atom. The van der Waals surface area contributed by atoms with Crippen LogP contribution in [0.25, 0.3) is 16.2 Å². The summed E-state index contributed by atoms with van der Waals surface area (Å²) in [6, 6.07) is 16.7. The van der Waals surface area contributed by atoms with Gasteiger partial charge < -0.3 is 0 Å². The van der Waals surface area contributed by atoms with Gasteiger partial charge in [-0.05, 0) is 18.2 Å². The maximum absolute atomic E-state index is 12.3. The van der Waals surface area contributed by atoms with E-state index in [0.29, 0.717) is 10.6 Å². The minimum absolute atomic E-state index is 0.268. The summed E-state index contributed by atoms with van der Waals surface area (Å²) < 4.78 is 1.73. The van der Waals surface area contributed by atoms with Gasteiger partial charge in [-0.1, -0.05) is 48.0 Å². The normalized spacial score (nSPS) is 10.9. The predicted molar refractivity (Wildman–Crippen MR) is 95.7 cm³/mol. The van der Waals surface area contributed by atoms with Gasteiger partial charge in [0.25, 0.3) is 11.9 Å². The smallest absolute Gasteiger partial charge is 0.258 e. The van der Waals surface area contributed by atoms with Crippen LogP contribution in [0.1, 0.15) is 10.4 Å².